The number of rotatable bonds is 3. The minimum atomic E-state index is -0.664. The summed E-state index contributed by atoms with van der Waals surface area (Å²) in [5.41, 5.74) is 0.880. The molecule has 0 spiro atoms. The maximum Gasteiger partial charge on any atom is 0.413 e. The predicted molar refractivity (Wildman–Crippen MR) is 72.3 cm³/mol. The van der Waals surface area contributed by atoms with E-state index in [2.05, 4.69) is 15.3 Å². The molecule has 1 aromatic heterocycles. The quantitative estimate of drug-likeness (QED) is 0.941. The molecule has 0 radical (unpaired) electrons. The van der Waals surface area contributed by atoms with E-state index >= 15 is 0 Å². The summed E-state index contributed by atoms with van der Waals surface area (Å²) in [6.45, 7) is 0.158. The van der Waals surface area contributed by atoms with Crippen LogP contribution in [-0.4, -0.2) is 16.1 Å². The van der Waals surface area contributed by atoms with Crippen LogP contribution >= 0.6 is 23.2 Å². The first-order chi connectivity index (χ1) is 9.15. The van der Waals surface area contributed by atoms with Crippen molar-refractivity contribution in [2.75, 3.05) is 5.32 Å². The maximum absolute atomic E-state index is 11.5. The normalized spacial score (nSPS) is 10.0. The molecule has 0 bridgehead atoms. The molecule has 19 heavy (non-hydrogen) atoms. The van der Waals surface area contributed by atoms with E-state index in [1.165, 1.54) is 6.20 Å². The van der Waals surface area contributed by atoms with Gasteiger partial charge >= 0.3 is 6.09 Å². The monoisotopic (exact) mass is 297 g/mol. The van der Waals surface area contributed by atoms with E-state index in [9.17, 15) is 4.79 Å². The number of anilines is 1. The summed E-state index contributed by atoms with van der Waals surface area (Å²) in [6.07, 6.45) is 0.614. The number of nitrogens with one attached hydrogen (secondary N) is 1. The lowest BCUT2D eigenvalue weighted by molar-refractivity contribution is 0.155. The molecule has 0 unspecified atom stereocenters. The van der Waals surface area contributed by atoms with Crippen molar-refractivity contribution in [3.05, 3.63) is 52.4 Å². The molecule has 1 aromatic carbocycles. The van der Waals surface area contributed by atoms with Gasteiger partial charge in [0.05, 0.1) is 6.20 Å². The fourth-order valence-corrected chi connectivity index (χ4v) is 1.65. The second-order valence-electron chi connectivity index (χ2n) is 3.52. The Kier molecular flexibility index (Phi) is 4.54. The molecule has 5 nitrogen and oxygen atoms in total. The second-order valence-corrected chi connectivity index (χ2v) is 4.26. The van der Waals surface area contributed by atoms with Crippen molar-refractivity contribution in [2.24, 2.45) is 0 Å². The third kappa shape index (κ3) is 4.08. The summed E-state index contributed by atoms with van der Waals surface area (Å²) < 4.78 is 5.01. The van der Waals surface area contributed by atoms with Crippen molar-refractivity contribution in [3.63, 3.8) is 0 Å². The number of hydrogen-bond acceptors (Lipinski definition) is 4. The lowest BCUT2D eigenvalue weighted by Crippen LogP contribution is -2.15. The van der Waals surface area contributed by atoms with Crippen molar-refractivity contribution in [1.29, 1.82) is 0 Å². The van der Waals surface area contributed by atoms with Crippen LogP contribution in [0.25, 0.3) is 0 Å². The summed E-state index contributed by atoms with van der Waals surface area (Å²) in [6, 6.07) is 9.30. The number of nitrogens with zero attached hydrogens (tertiary/aromatic N) is 2. The number of halogens is 2. The SMILES string of the molecule is O=C(Nc1ncc(Cl)nc1Cl)OCc1ccccc1. The molecule has 0 aliphatic rings. The smallest absolute Gasteiger partial charge is 0.413 e. The lowest BCUT2D eigenvalue weighted by Gasteiger charge is -2.07. The van der Waals surface area contributed by atoms with Crippen LogP contribution < -0.4 is 5.32 Å². The molecule has 7 heteroatoms. The first-order valence-electron chi connectivity index (χ1n) is 5.31. The molecule has 0 saturated carbocycles. The molecule has 1 N–H and O–H groups in total. The van der Waals surface area contributed by atoms with E-state index in [4.69, 9.17) is 27.9 Å². The van der Waals surface area contributed by atoms with Crippen LogP contribution in [0.2, 0.25) is 10.3 Å². The lowest BCUT2D eigenvalue weighted by atomic mass is 10.2. The van der Waals surface area contributed by atoms with Crippen LogP contribution in [0.3, 0.4) is 0 Å². The van der Waals surface area contributed by atoms with Gasteiger partial charge in [0.2, 0.25) is 0 Å². The van der Waals surface area contributed by atoms with E-state index in [1.807, 2.05) is 30.3 Å². The predicted octanol–water partition coefficient (Wildman–Crippen LogP) is 3.53. The van der Waals surface area contributed by atoms with Gasteiger partial charge in [0.15, 0.2) is 11.0 Å². The highest BCUT2D eigenvalue weighted by atomic mass is 35.5. The zero-order valence-corrected chi connectivity index (χ0v) is 11.1. The largest absolute Gasteiger partial charge is 0.444 e. The topological polar surface area (TPSA) is 64.1 Å². The Hall–Kier alpha value is -1.85. The average molecular weight is 298 g/mol. The van der Waals surface area contributed by atoms with Gasteiger partial charge in [0, 0.05) is 0 Å². The maximum atomic E-state index is 11.5. The molecule has 98 valence electrons. The number of amides is 1. The van der Waals surface area contributed by atoms with Crippen LogP contribution in [0.15, 0.2) is 36.5 Å². The minimum absolute atomic E-state index is 0.00385. The molecule has 2 aromatic rings. The minimum Gasteiger partial charge on any atom is -0.444 e. The zero-order valence-electron chi connectivity index (χ0n) is 9.64. The molecule has 1 amide bonds. The number of ether oxygens (including phenoxy) is 1. The molecule has 0 aliphatic heterocycles. The molecule has 0 fully saturated rings. The molecular weight excluding hydrogens is 289 g/mol. The highest BCUT2D eigenvalue weighted by molar-refractivity contribution is 6.34. The van der Waals surface area contributed by atoms with Crippen LogP contribution in [0.1, 0.15) is 5.56 Å². The van der Waals surface area contributed by atoms with Crippen LogP contribution in [-0.2, 0) is 11.3 Å². The molecular formula is C12H9Cl2N3O2. The van der Waals surface area contributed by atoms with Gasteiger partial charge in [-0.1, -0.05) is 53.5 Å². The van der Waals surface area contributed by atoms with Gasteiger partial charge in [-0.15, -0.1) is 0 Å². The van der Waals surface area contributed by atoms with Gasteiger partial charge in [-0.2, -0.15) is 0 Å². The van der Waals surface area contributed by atoms with E-state index in [0.717, 1.165) is 5.56 Å². The summed E-state index contributed by atoms with van der Waals surface area (Å²) >= 11 is 11.4. The molecule has 0 saturated heterocycles. The number of carbonyl (C=O) groups excluding carboxylic acids is 1. The molecule has 0 aliphatic carbocycles. The van der Waals surface area contributed by atoms with Crippen LogP contribution in [0, 0.1) is 0 Å². The first-order valence-corrected chi connectivity index (χ1v) is 6.06. The third-order valence-electron chi connectivity index (χ3n) is 2.13. The van der Waals surface area contributed by atoms with Gasteiger partial charge in [-0.25, -0.2) is 14.8 Å². The van der Waals surface area contributed by atoms with Gasteiger partial charge in [0.1, 0.15) is 11.8 Å². The van der Waals surface area contributed by atoms with Crippen LogP contribution in [0.5, 0.6) is 0 Å². The zero-order chi connectivity index (χ0) is 13.7. The highest BCUT2D eigenvalue weighted by Gasteiger charge is 2.09. The van der Waals surface area contributed by atoms with E-state index in [0.29, 0.717) is 0 Å². The Balaban J connectivity index is 1.91. The van der Waals surface area contributed by atoms with Crippen molar-refractivity contribution in [1.82, 2.24) is 9.97 Å². The Morgan fingerprint density at radius 2 is 2.00 bits per heavy atom. The van der Waals surface area contributed by atoms with Crippen molar-refractivity contribution >= 4 is 35.1 Å². The first kappa shape index (κ1) is 13.6. The average Bonchev–Trinajstić information content (AvgIpc) is 2.41. The number of hydrogen-bond donors (Lipinski definition) is 1. The molecule has 2 rings (SSSR count). The summed E-state index contributed by atoms with van der Waals surface area (Å²) in [5, 5.41) is 2.53. The highest BCUT2D eigenvalue weighted by Crippen LogP contribution is 2.18. The Labute approximate surface area is 119 Å². The van der Waals surface area contributed by atoms with Crippen molar-refractivity contribution in [3.8, 4) is 0 Å². The van der Waals surface area contributed by atoms with Gasteiger partial charge < -0.3 is 4.74 Å². The summed E-state index contributed by atoms with van der Waals surface area (Å²) in [5.74, 6) is 0.101. The number of carbonyl (C=O) groups is 1. The summed E-state index contributed by atoms with van der Waals surface area (Å²) in [7, 11) is 0. The Bertz CT molecular complexity index is 578. The fourth-order valence-electron chi connectivity index (χ4n) is 1.29. The van der Waals surface area contributed by atoms with E-state index in [-0.39, 0.29) is 22.7 Å². The Morgan fingerprint density at radius 1 is 1.26 bits per heavy atom. The van der Waals surface area contributed by atoms with Gasteiger partial charge in [0.25, 0.3) is 0 Å². The number of aromatic nitrogens is 2. The molecule has 1 heterocycles. The Morgan fingerprint density at radius 3 is 2.68 bits per heavy atom. The van der Waals surface area contributed by atoms with Crippen molar-refractivity contribution in [2.45, 2.75) is 6.61 Å². The van der Waals surface area contributed by atoms with E-state index in [1.54, 1.807) is 0 Å². The third-order valence-corrected chi connectivity index (χ3v) is 2.58. The molecule has 0 atom stereocenters. The van der Waals surface area contributed by atoms with Crippen LogP contribution in [0.4, 0.5) is 10.6 Å². The standard InChI is InChI=1S/C12H9Cl2N3O2/c13-9-6-15-11(10(14)16-9)17-12(18)19-7-8-4-2-1-3-5-8/h1-6H,7H2,(H,15,17,18). The van der Waals surface area contributed by atoms with E-state index < -0.39 is 6.09 Å². The summed E-state index contributed by atoms with van der Waals surface area (Å²) in [4.78, 5) is 19.1. The second kappa shape index (κ2) is 6.36. The number of benzene rings is 1. The van der Waals surface area contributed by atoms with Crippen molar-refractivity contribution < 1.29 is 9.53 Å². The fraction of sp³-hybridized carbons (Fsp3) is 0.0833. The van der Waals surface area contributed by atoms with Gasteiger partial charge in [-0.05, 0) is 5.56 Å². The van der Waals surface area contributed by atoms with Gasteiger partial charge in [-0.3, -0.25) is 5.32 Å².